The Bertz CT molecular complexity index is 1700. The van der Waals surface area contributed by atoms with Gasteiger partial charge >= 0.3 is 0 Å². The van der Waals surface area contributed by atoms with Crippen molar-refractivity contribution in [3.63, 3.8) is 0 Å². The predicted molar refractivity (Wildman–Crippen MR) is 176 cm³/mol. The van der Waals surface area contributed by atoms with Crippen molar-refractivity contribution in [1.29, 1.82) is 0 Å². The zero-order chi connectivity index (χ0) is 33.1. The first-order valence-corrected chi connectivity index (χ1v) is 16.9. The lowest BCUT2D eigenvalue weighted by atomic mass is 10.0. The molecule has 1 atom stereocenters. The lowest BCUT2D eigenvalue weighted by Gasteiger charge is -2.31. The van der Waals surface area contributed by atoms with E-state index in [0.717, 1.165) is 11.1 Å². The molecule has 1 saturated heterocycles. The highest BCUT2D eigenvalue weighted by Crippen LogP contribution is 2.21. The summed E-state index contributed by atoms with van der Waals surface area (Å²) in [5, 5.41) is 3.00. The summed E-state index contributed by atoms with van der Waals surface area (Å²) < 4.78 is 52.2. The lowest BCUT2D eigenvalue weighted by molar-refractivity contribution is -0.142. The van der Waals surface area contributed by atoms with Gasteiger partial charge in [-0.05, 0) is 59.5 Å². The van der Waals surface area contributed by atoms with Gasteiger partial charge in [-0.15, -0.1) is 0 Å². The summed E-state index contributed by atoms with van der Waals surface area (Å²) in [4.78, 5) is 29.2. The molecule has 0 aromatic heterocycles. The van der Waals surface area contributed by atoms with Crippen molar-refractivity contribution >= 4 is 21.8 Å². The largest absolute Gasteiger partial charge is 0.484 e. The van der Waals surface area contributed by atoms with E-state index < -0.39 is 34.4 Å². The molecule has 0 aliphatic carbocycles. The minimum Gasteiger partial charge on any atom is -0.484 e. The van der Waals surface area contributed by atoms with Crippen LogP contribution in [0.25, 0.3) is 0 Å². The van der Waals surface area contributed by atoms with E-state index in [2.05, 4.69) is 5.32 Å². The van der Waals surface area contributed by atoms with Crippen LogP contribution in [-0.4, -0.2) is 74.9 Å². The normalized spacial score (nSPS) is 14.2. The van der Waals surface area contributed by atoms with Crippen molar-refractivity contribution in [2.24, 2.45) is 0 Å². The van der Waals surface area contributed by atoms with Gasteiger partial charge in [0.1, 0.15) is 17.6 Å². The number of nitrogens with zero attached hydrogens (tertiary/aromatic N) is 2. The maximum absolute atomic E-state index is 13.9. The van der Waals surface area contributed by atoms with Crippen molar-refractivity contribution in [2.45, 2.75) is 30.3 Å². The highest BCUT2D eigenvalue weighted by Gasteiger charge is 2.31. The fraction of sp³-hybridized carbons (Fsp3) is 0.278. The first-order valence-electron chi connectivity index (χ1n) is 15.5. The van der Waals surface area contributed by atoms with Crippen LogP contribution in [0.1, 0.15) is 16.7 Å². The molecule has 1 fully saturated rings. The van der Waals surface area contributed by atoms with Crippen LogP contribution in [-0.2, 0) is 43.7 Å². The van der Waals surface area contributed by atoms with Gasteiger partial charge in [-0.1, -0.05) is 72.8 Å². The number of carbonyl (C=O) groups excluding carboxylic acids is 2. The van der Waals surface area contributed by atoms with Crippen molar-refractivity contribution in [1.82, 2.24) is 14.5 Å². The second-order valence-electron chi connectivity index (χ2n) is 11.2. The van der Waals surface area contributed by atoms with Gasteiger partial charge < -0.3 is 19.7 Å². The molecule has 246 valence electrons. The summed E-state index contributed by atoms with van der Waals surface area (Å²) in [6.45, 7) is 1.26. The van der Waals surface area contributed by atoms with Crippen LogP contribution in [0.15, 0.2) is 114 Å². The number of hydrogen-bond donors (Lipinski definition) is 1. The number of amides is 2. The third-order valence-electron chi connectivity index (χ3n) is 7.89. The maximum atomic E-state index is 13.9. The Balaban J connectivity index is 1.33. The number of nitrogens with one attached hydrogen (secondary N) is 1. The van der Waals surface area contributed by atoms with Crippen LogP contribution in [0.3, 0.4) is 0 Å². The number of carbonyl (C=O) groups is 2. The lowest BCUT2D eigenvalue weighted by Crippen LogP contribution is -2.52. The van der Waals surface area contributed by atoms with Crippen molar-refractivity contribution < 1.29 is 31.9 Å². The maximum Gasteiger partial charge on any atom is 0.261 e. The second-order valence-corrected chi connectivity index (χ2v) is 13.1. The number of sulfonamides is 1. The minimum absolute atomic E-state index is 0.0445. The predicted octanol–water partition coefficient (Wildman–Crippen LogP) is 4.22. The van der Waals surface area contributed by atoms with Gasteiger partial charge in [0.15, 0.2) is 6.61 Å². The third kappa shape index (κ3) is 9.47. The van der Waals surface area contributed by atoms with Crippen LogP contribution in [0, 0.1) is 5.82 Å². The van der Waals surface area contributed by atoms with Crippen molar-refractivity contribution in [3.05, 3.63) is 132 Å². The Hall–Kier alpha value is -4.58. The fourth-order valence-corrected chi connectivity index (χ4v) is 6.71. The molecule has 0 spiro atoms. The number of benzene rings is 4. The second kappa shape index (κ2) is 16.3. The molecule has 4 aromatic rings. The van der Waals surface area contributed by atoms with Gasteiger partial charge in [0.05, 0.1) is 18.1 Å². The van der Waals surface area contributed by atoms with E-state index in [-0.39, 0.29) is 36.9 Å². The van der Waals surface area contributed by atoms with E-state index in [0.29, 0.717) is 37.5 Å². The summed E-state index contributed by atoms with van der Waals surface area (Å²) >= 11 is 0. The van der Waals surface area contributed by atoms with Gasteiger partial charge in [0, 0.05) is 32.6 Å². The quantitative estimate of drug-likeness (QED) is 0.217. The molecule has 11 heteroatoms. The van der Waals surface area contributed by atoms with Crippen LogP contribution in [0.5, 0.6) is 5.75 Å². The summed E-state index contributed by atoms with van der Waals surface area (Å²) in [5.74, 6) is -0.891. The standard InChI is InChI=1S/C36H38FN3O6S/c37-31-13-11-30(12-14-31)26-40(34(25-29-9-5-2-6-10-29)36(42)38-20-19-28-7-3-1-4-8-28)35(41)27-46-32-15-17-33(18-16-32)47(43,44)39-21-23-45-24-22-39/h1-18,34H,19-27H2,(H,38,42)/t34-/m0/s1. The molecule has 2 amide bonds. The summed E-state index contributed by atoms with van der Waals surface area (Å²) in [7, 11) is -3.69. The van der Waals surface area contributed by atoms with E-state index in [9.17, 15) is 22.4 Å². The van der Waals surface area contributed by atoms with Gasteiger partial charge in [0.25, 0.3) is 5.91 Å². The van der Waals surface area contributed by atoms with E-state index in [1.807, 2.05) is 60.7 Å². The Kier molecular flexibility index (Phi) is 11.7. The third-order valence-corrected chi connectivity index (χ3v) is 9.80. The summed E-state index contributed by atoms with van der Waals surface area (Å²) in [6, 6.07) is 30.0. The molecular weight excluding hydrogens is 621 g/mol. The van der Waals surface area contributed by atoms with Crippen LogP contribution in [0.2, 0.25) is 0 Å². The number of ether oxygens (including phenoxy) is 2. The summed E-state index contributed by atoms with van der Waals surface area (Å²) in [5.41, 5.74) is 2.59. The SMILES string of the molecule is O=C(NCCc1ccccc1)[C@H](Cc1ccccc1)N(Cc1ccc(F)cc1)C(=O)COc1ccc(S(=O)(=O)N2CCOCC2)cc1. The van der Waals surface area contributed by atoms with Crippen molar-refractivity contribution in [3.8, 4) is 5.75 Å². The molecule has 1 aliphatic rings. The molecule has 0 bridgehead atoms. The smallest absolute Gasteiger partial charge is 0.261 e. The van der Waals surface area contributed by atoms with E-state index >= 15 is 0 Å². The first kappa shape index (κ1) is 33.8. The molecule has 4 aromatic carbocycles. The fourth-order valence-electron chi connectivity index (χ4n) is 5.30. The zero-order valence-corrected chi connectivity index (χ0v) is 26.8. The molecule has 9 nitrogen and oxygen atoms in total. The number of hydrogen-bond acceptors (Lipinski definition) is 6. The molecule has 1 heterocycles. The molecule has 5 rings (SSSR count). The van der Waals surface area contributed by atoms with Gasteiger partial charge in [0.2, 0.25) is 15.9 Å². The molecule has 1 aliphatic heterocycles. The van der Waals surface area contributed by atoms with Crippen LogP contribution in [0.4, 0.5) is 4.39 Å². The van der Waals surface area contributed by atoms with Crippen LogP contribution < -0.4 is 10.1 Å². The summed E-state index contributed by atoms with van der Waals surface area (Å²) in [6.07, 6.45) is 0.871. The van der Waals surface area contributed by atoms with E-state index in [1.165, 1.54) is 45.6 Å². The molecular formula is C36H38FN3O6S. The number of morpholine rings is 1. The van der Waals surface area contributed by atoms with E-state index in [4.69, 9.17) is 9.47 Å². The zero-order valence-electron chi connectivity index (χ0n) is 26.0. The monoisotopic (exact) mass is 659 g/mol. The highest BCUT2D eigenvalue weighted by molar-refractivity contribution is 7.89. The Morgan fingerprint density at radius 2 is 1.45 bits per heavy atom. The molecule has 47 heavy (non-hydrogen) atoms. The molecule has 0 saturated carbocycles. The average molecular weight is 660 g/mol. The van der Waals surface area contributed by atoms with Gasteiger partial charge in [-0.3, -0.25) is 9.59 Å². The molecule has 0 radical (unpaired) electrons. The van der Waals surface area contributed by atoms with E-state index in [1.54, 1.807) is 12.1 Å². The number of halogens is 1. The molecule has 1 N–H and O–H groups in total. The Morgan fingerprint density at radius 1 is 0.830 bits per heavy atom. The molecule has 0 unspecified atom stereocenters. The van der Waals surface area contributed by atoms with Gasteiger partial charge in [-0.2, -0.15) is 4.31 Å². The number of rotatable bonds is 14. The first-order chi connectivity index (χ1) is 22.8. The Labute approximate surface area is 275 Å². The average Bonchev–Trinajstić information content (AvgIpc) is 3.11. The van der Waals surface area contributed by atoms with Gasteiger partial charge in [-0.25, -0.2) is 12.8 Å². The van der Waals surface area contributed by atoms with Crippen molar-refractivity contribution in [2.75, 3.05) is 39.5 Å². The topological polar surface area (TPSA) is 105 Å². The minimum atomic E-state index is -3.69. The van der Waals surface area contributed by atoms with Crippen LogP contribution >= 0.6 is 0 Å². The highest BCUT2D eigenvalue weighted by atomic mass is 32.2. The Morgan fingerprint density at radius 3 is 2.09 bits per heavy atom.